The number of benzene rings is 1. The quantitative estimate of drug-likeness (QED) is 0.584. The van der Waals surface area contributed by atoms with Gasteiger partial charge in [-0.1, -0.05) is 32.0 Å². The molecule has 0 radical (unpaired) electrons. The van der Waals surface area contributed by atoms with Gasteiger partial charge in [-0.25, -0.2) is 0 Å². The van der Waals surface area contributed by atoms with Gasteiger partial charge in [-0.15, -0.1) is 0 Å². The first-order valence-corrected chi connectivity index (χ1v) is 7.79. The number of thioether (sulfide) groups is 1. The topological polar surface area (TPSA) is 55.2 Å². The molecule has 5 heteroatoms. The fraction of sp³-hybridized carbons (Fsp3) is 0.571. The summed E-state index contributed by atoms with van der Waals surface area (Å²) in [6.07, 6.45) is 4.31. The van der Waals surface area contributed by atoms with Crippen LogP contribution in [0.25, 0.3) is 0 Å². The molecule has 0 saturated heterocycles. The van der Waals surface area contributed by atoms with E-state index >= 15 is 0 Å². The first-order chi connectivity index (χ1) is 9.08. The Morgan fingerprint density at radius 2 is 1.95 bits per heavy atom. The van der Waals surface area contributed by atoms with Gasteiger partial charge in [0.1, 0.15) is 0 Å². The molecule has 1 aromatic rings. The second kappa shape index (κ2) is 7.50. The van der Waals surface area contributed by atoms with Gasteiger partial charge in [-0.2, -0.15) is 11.8 Å². The summed E-state index contributed by atoms with van der Waals surface area (Å²) in [5.41, 5.74) is 0.937. The third kappa shape index (κ3) is 4.21. The molecule has 0 amide bonds. The molecule has 0 bridgehead atoms. The summed E-state index contributed by atoms with van der Waals surface area (Å²) in [6, 6.07) is 6.90. The maximum Gasteiger partial charge on any atom is 0.273 e. The highest BCUT2D eigenvalue weighted by Gasteiger charge is 2.24. The lowest BCUT2D eigenvalue weighted by Crippen LogP contribution is -2.36. The van der Waals surface area contributed by atoms with Crippen molar-refractivity contribution in [2.45, 2.75) is 38.0 Å². The number of hydrogen-bond acceptors (Lipinski definition) is 4. The van der Waals surface area contributed by atoms with Gasteiger partial charge in [0.15, 0.2) is 0 Å². The van der Waals surface area contributed by atoms with Gasteiger partial charge in [0.2, 0.25) is 0 Å². The Morgan fingerprint density at radius 1 is 1.32 bits per heavy atom. The maximum absolute atomic E-state index is 10.9. The van der Waals surface area contributed by atoms with Crippen LogP contribution < -0.4 is 5.32 Å². The highest BCUT2D eigenvalue weighted by molar-refractivity contribution is 8.00. The van der Waals surface area contributed by atoms with E-state index in [1.165, 1.54) is 0 Å². The number of nitro groups is 1. The van der Waals surface area contributed by atoms with Crippen LogP contribution in [-0.2, 0) is 6.54 Å². The molecule has 0 aromatic heterocycles. The van der Waals surface area contributed by atoms with Gasteiger partial charge in [0.25, 0.3) is 5.69 Å². The third-order valence-electron chi connectivity index (χ3n) is 3.67. The van der Waals surface area contributed by atoms with Crippen molar-refractivity contribution in [3.05, 3.63) is 39.9 Å². The smallest absolute Gasteiger partial charge is 0.273 e. The van der Waals surface area contributed by atoms with E-state index in [-0.39, 0.29) is 15.4 Å². The van der Waals surface area contributed by atoms with Gasteiger partial charge in [0, 0.05) is 29.5 Å². The van der Waals surface area contributed by atoms with Crippen molar-refractivity contribution in [3.8, 4) is 0 Å². The van der Waals surface area contributed by atoms with Crippen LogP contribution in [0.1, 0.15) is 32.3 Å². The molecule has 0 aliphatic rings. The molecule has 106 valence electrons. The van der Waals surface area contributed by atoms with E-state index in [1.54, 1.807) is 12.1 Å². The Kier molecular flexibility index (Phi) is 6.31. The van der Waals surface area contributed by atoms with Crippen molar-refractivity contribution < 1.29 is 4.92 Å². The van der Waals surface area contributed by atoms with Gasteiger partial charge in [-0.05, 0) is 19.1 Å². The van der Waals surface area contributed by atoms with Crippen molar-refractivity contribution in [2.24, 2.45) is 0 Å². The van der Waals surface area contributed by atoms with Crippen LogP contribution in [0.3, 0.4) is 0 Å². The number of nitrogens with zero attached hydrogens (tertiary/aromatic N) is 1. The minimum atomic E-state index is -0.321. The standard InChI is InChI=1S/C14H22N2O2S/c1-4-14(5-2,19-3)11-15-10-12-8-6-7-9-13(12)16(17)18/h6-9,15H,4-5,10-11H2,1-3H3. The average Bonchev–Trinajstić information content (AvgIpc) is 2.44. The lowest BCUT2D eigenvalue weighted by molar-refractivity contribution is -0.385. The van der Waals surface area contributed by atoms with Crippen LogP contribution >= 0.6 is 11.8 Å². The predicted molar refractivity (Wildman–Crippen MR) is 81.6 cm³/mol. The summed E-state index contributed by atoms with van der Waals surface area (Å²) in [4.78, 5) is 10.6. The number of nitro benzene ring substituents is 1. The molecular formula is C14H22N2O2S. The zero-order chi connectivity index (χ0) is 14.3. The molecule has 1 rings (SSSR count). The molecule has 0 aliphatic carbocycles. The number of para-hydroxylation sites is 1. The van der Waals surface area contributed by atoms with E-state index in [0.29, 0.717) is 6.54 Å². The van der Waals surface area contributed by atoms with Crippen molar-refractivity contribution in [2.75, 3.05) is 12.8 Å². The zero-order valence-electron chi connectivity index (χ0n) is 11.8. The molecule has 0 atom stereocenters. The Morgan fingerprint density at radius 3 is 2.47 bits per heavy atom. The molecule has 0 aliphatic heterocycles. The summed E-state index contributed by atoms with van der Waals surface area (Å²) < 4.78 is 0.226. The zero-order valence-corrected chi connectivity index (χ0v) is 12.6. The number of nitrogens with one attached hydrogen (secondary N) is 1. The van der Waals surface area contributed by atoms with E-state index in [1.807, 2.05) is 23.9 Å². The predicted octanol–water partition coefficient (Wildman–Crippen LogP) is 3.61. The van der Waals surface area contributed by atoms with Crippen LogP contribution in [0, 0.1) is 10.1 Å². The Hall–Kier alpha value is -1.07. The first kappa shape index (κ1) is 16.0. The summed E-state index contributed by atoms with van der Waals surface area (Å²) in [6.45, 7) is 5.78. The maximum atomic E-state index is 10.9. The summed E-state index contributed by atoms with van der Waals surface area (Å²) in [5, 5.41) is 14.3. The third-order valence-corrected chi connectivity index (χ3v) is 5.26. The highest BCUT2D eigenvalue weighted by atomic mass is 32.2. The molecule has 0 fully saturated rings. The van der Waals surface area contributed by atoms with Crippen molar-refractivity contribution in [3.63, 3.8) is 0 Å². The molecule has 0 unspecified atom stereocenters. The minimum Gasteiger partial charge on any atom is -0.311 e. The molecule has 0 spiro atoms. The van der Waals surface area contributed by atoms with Crippen LogP contribution in [0.4, 0.5) is 5.69 Å². The second-order valence-electron chi connectivity index (χ2n) is 4.58. The van der Waals surface area contributed by atoms with Gasteiger partial charge in [0.05, 0.1) is 4.92 Å². The SMILES string of the molecule is CCC(CC)(CNCc1ccccc1[N+](=O)[O-])SC. The normalized spacial score (nSPS) is 11.5. The fourth-order valence-corrected chi connectivity index (χ4v) is 2.95. The lowest BCUT2D eigenvalue weighted by atomic mass is 10.0. The molecule has 0 heterocycles. The van der Waals surface area contributed by atoms with E-state index in [2.05, 4.69) is 25.4 Å². The van der Waals surface area contributed by atoms with Crippen LogP contribution in [0.5, 0.6) is 0 Å². The number of hydrogen-bond donors (Lipinski definition) is 1. The molecule has 1 aromatic carbocycles. The lowest BCUT2D eigenvalue weighted by Gasteiger charge is -2.30. The van der Waals surface area contributed by atoms with Gasteiger partial charge in [-0.3, -0.25) is 10.1 Å². The van der Waals surface area contributed by atoms with Crippen molar-refractivity contribution in [1.82, 2.24) is 5.32 Å². The van der Waals surface area contributed by atoms with Crippen molar-refractivity contribution in [1.29, 1.82) is 0 Å². The van der Waals surface area contributed by atoms with Crippen LogP contribution in [0.2, 0.25) is 0 Å². The Balaban J connectivity index is 2.65. The van der Waals surface area contributed by atoms with E-state index in [4.69, 9.17) is 0 Å². The van der Waals surface area contributed by atoms with Crippen LogP contribution in [0.15, 0.2) is 24.3 Å². The minimum absolute atomic E-state index is 0.192. The average molecular weight is 282 g/mol. The Bertz CT molecular complexity index is 411. The van der Waals surface area contributed by atoms with Gasteiger partial charge < -0.3 is 5.32 Å². The van der Waals surface area contributed by atoms with Crippen molar-refractivity contribution >= 4 is 17.4 Å². The van der Waals surface area contributed by atoms with Gasteiger partial charge >= 0.3 is 0 Å². The summed E-state index contributed by atoms with van der Waals surface area (Å²) >= 11 is 1.87. The van der Waals surface area contributed by atoms with E-state index in [9.17, 15) is 10.1 Å². The molecule has 0 saturated carbocycles. The molecule has 4 nitrogen and oxygen atoms in total. The monoisotopic (exact) mass is 282 g/mol. The summed E-state index contributed by atoms with van der Waals surface area (Å²) in [7, 11) is 0. The molecular weight excluding hydrogens is 260 g/mol. The fourth-order valence-electron chi connectivity index (χ4n) is 2.12. The summed E-state index contributed by atoms with van der Waals surface area (Å²) in [5.74, 6) is 0. The first-order valence-electron chi connectivity index (χ1n) is 6.56. The number of rotatable bonds is 8. The second-order valence-corrected chi connectivity index (χ2v) is 5.86. The highest BCUT2D eigenvalue weighted by Crippen LogP contribution is 2.29. The molecule has 1 N–H and O–H groups in total. The van der Waals surface area contributed by atoms with E-state index < -0.39 is 0 Å². The Labute approximate surface area is 119 Å². The van der Waals surface area contributed by atoms with E-state index in [0.717, 1.165) is 24.9 Å². The molecule has 19 heavy (non-hydrogen) atoms. The van der Waals surface area contributed by atoms with Crippen LogP contribution in [-0.4, -0.2) is 22.5 Å². The largest absolute Gasteiger partial charge is 0.311 e.